The van der Waals surface area contributed by atoms with Crippen LogP contribution in [0.25, 0.3) is 0 Å². The van der Waals surface area contributed by atoms with Crippen LogP contribution in [0.15, 0.2) is 11.6 Å². The molecule has 0 aromatic carbocycles. The minimum atomic E-state index is 0.280. The van der Waals surface area contributed by atoms with Crippen molar-refractivity contribution in [2.75, 3.05) is 7.11 Å². The maximum Gasteiger partial charge on any atom is 0.0976 e. The van der Waals surface area contributed by atoms with Gasteiger partial charge in [0.1, 0.15) is 0 Å². The molecule has 2 fully saturated rings. The Balaban J connectivity index is 0.000000686. The predicted octanol–water partition coefficient (Wildman–Crippen LogP) is 3.69. The van der Waals surface area contributed by atoms with E-state index in [0.29, 0.717) is 6.10 Å². The Bertz CT molecular complexity index is 256. The van der Waals surface area contributed by atoms with Crippen LogP contribution < -0.4 is 0 Å². The Kier molecular flexibility index (Phi) is 5.68. The van der Waals surface area contributed by atoms with E-state index in [1.54, 1.807) is 0 Å². The molecule has 2 nitrogen and oxygen atoms in total. The summed E-state index contributed by atoms with van der Waals surface area (Å²) in [7, 11) is 1.00. The Morgan fingerprint density at radius 2 is 2.00 bits per heavy atom. The van der Waals surface area contributed by atoms with Crippen LogP contribution in [0.1, 0.15) is 59.3 Å². The zero-order valence-corrected chi connectivity index (χ0v) is 11.8. The van der Waals surface area contributed by atoms with Gasteiger partial charge >= 0.3 is 0 Å². The number of allylic oxidation sites excluding steroid dienone is 1. The topological polar surface area (TPSA) is 32.8 Å². The summed E-state index contributed by atoms with van der Waals surface area (Å²) in [5.41, 5.74) is 1.70. The van der Waals surface area contributed by atoms with Crippen LogP contribution in [0.4, 0.5) is 0 Å². The first-order valence-corrected chi connectivity index (χ1v) is 6.91. The third-order valence-electron chi connectivity index (χ3n) is 4.13. The second-order valence-corrected chi connectivity index (χ2v) is 5.58. The number of aliphatic hydroxyl groups excluding tert-OH is 1. The number of aliphatic hydroxyl groups is 1. The first-order valence-electron chi connectivity index (χ1n) is 6.91. The van der Waals surface area contributed by atoms with Crippen LogP contribution in [0.2, 0.25) is 0 Å². The summed E-state index contributed by atoms with van der Waals surface area (Å²) in [5.74, 6) is 0.774. The lowest BCUT2D eigenvalue weighted by Crippen LogP contribution is -2.23. The van der Waals surface area contributed by atoms with Crippen LogP contribution in [0, 0.1) is 5.92 Å². The van der Waals surface area contributed by atoms with Gasteiger partial charge in [0.25, 0.3) is 0 Å². The number of epoxide rings is 1. The highest BCUT2D eigenvalue weighted by molar-refractivity contribution is 5.10. The van der Waals surface area contributed by atoms with Crippen LogP contribution in [0.3, 0.4) is 0 Å². The predicted molar refractivity (Wildman–Crippen MR) is 72.0 cm³/mol. The van der Waals surface area contributed by atoms with Gasteiger partial charge in [-0.2, -0.15) is 0 Å². The lowest BCUT2D eigenvalue weighted by atomic mass is 9.85. The van der Waals surface area contributed by atoms with Gasteiger partial charge in [-0.1, -0.05) is 37.8 Å². The molecule has 1 saturated heterocycles. The number of hydrogen-bond acceptors (Lipinski definition) is 2. The molecule has 1 aliphatic carbocycles. The molecule has 3 atom stereocenters. The van der Waals surface area contributed by atoms with Gasteiger partial charge in [0.2, 0.25) is 0 Å². The highest BCUT2D eigenvalue weighted by Gasteiger charge is 2.58. The largest absolute Gasteiger partial charge is 0.400 e. The Labute approximate surface area is 106 Å². The molecule has 0 aromatic heterocycles. The van der Waals surface area contributed by atoms with Gasteiger partial charge in [-0.05, 0) is 39.0 Å². The maximum absolute atomic E-state index is 7.00. The second kappa shape index (κ2) is 6.55. The first kappa shape index (κ1) is 14.7. The normalized spacial score (nSPS) is 35.6. The summed E-state index contributed by atoms with van der Waals surface area (Å²) >= 11 is 0. The van der Waals surface area contributed by atoms with Gasteiger partial charge in [0, 0.05) is 7.11 Å². The zero-order valence-electron chi connectivity index (χ0n) is 11.8. The summed E-state index contributed by atoms with van der Waals surface area (Å²) in [6, 6.07) is 0. The van der Waals surface area contributed by atoms with Crippen molar-refractivity contribution >= 4 is 0 Å². The third kappa shape index (κ3) is 3.56. The van der Waals surface area contributed by atoms with Gasteiger partial charge < -0.3 is 9.84 Å². The summed E-state index contributed by atoms with van der Waals surface area (Å²) < 4.78 is 6.04. The molecule has 1 N–H and O–H groups in total. The number of rotatable bonds is 2. The van der Waals surface area contributed by atoms with Crippen LogP contribution in [-0.4, -0.2) is 23.9 Å². The summed E-state index contributed by atoms with van der Waals surface area (Å²) in [6.45, 7) is 6.73. The molecule has 1 spiro atoms. The van der Waals surface area contributed by atoms with Crippen molar-refractivity contribution in [3.63, 3.8) is 0 Å². The van der Waals surface area contributed by atoms with Gasteiger partial charge in [-0.25, -0.2) is 0 Å². The van der Waals surface area contributed by atoms with Crippen molar-refractivity contribution in [2.45, 2.75) is 71.0 Å². The molecule has 1 aliphatic heterocycles. The SMILES string of the molecule is CC(C)=CCC1OC12CCCCCC2C.CO. The van der Waals surface area contributed by atoms with Crippen molar-refractivity contribution < 1.29 is 9.84 Å². The minimum absolute atomic E-state index is 0.280. The highest BCUT2D eigenvalue weighted by Crippen LogP contribution is 2.52. The number of hydrogen-bond donors (Lipinski definition) is 1. The average Bonchev–Trinajstić information content (AvgIpc) is 3.06. The van der Waals surface area contributed by atoms with E-state index in [1.165, 1.54) is 37.7 Å². The minimum Gasteiger partial charge on any atom is -0.400 e. The molecule has 0 amide bonds. The van der Waals surface area contributed by atoms with E-state index >= 15 is 0 Å². The van der Waals surface area contributed by atoms with Crippen LogP contribution in [0.5, 0.6) is 0 Å². The van der Waals surface area contributed by atoms with Gasteiger partial charge in [0.15, 0.2) is 0 Å². The Hall–Kier alpha value is -0.340. The molecule has 0 bridgehead atoms. The lowest BCUT2D eigenvalue weighted by molar-refractivity contribution is 0.214. The van der Waals surface area contributed by atoms with Crippen molar-refractivity contribution in [1.29, 1.82) is 0 Å². The molecule has 3 unspecified atom stereocenters. The lowest BCUT2D eigenvalue weighted by Gasteiger charge is -2.17. The van der Waals surface area contributed by atoms with Crippen LogP contribution >= 0.6 is 0 Å². The standard InChI is InChI=1S/C14H24O.CH4O/c1-11(2)8-9-13-14(15-13)10-6-4-5-7-12(14)3;1-2/h8,12-13H,4-7,9-10H2,1-3H3;2H,1H3. The summed E-state index contributed by atoms with van der Waals surface area (Å²) in [4.78, 5) is 0. The molecule has 2 aliphatic rings. The molecule has 0 aromatic rings. The molecule has 2 rings (SSSR count). The van der Waals surface area contributed by atoms with Crippen molar-refractivity contribution in [3.05, 3.63) is 11.6 Å². The molecule has 0 radical (unpaired) electrons. The maximum atomic E-state index is 7.00. The Morgan fingerprint density at radius 3 is 2.65 bits per heavy atom. The van der Waals surface area contributed by atoms with Crippen molar-refractivity contribution in [1.82, 2.24) is 0 Å². The molecule has 100 valence electrons. The van der Waals surface area contributed by atoms with Gasteiger partial charge in [0.05, 0.1) is 11.7 Å². The van der Waals surface area contributed by atoms with Crippen molar-refractivity contribution in [2.24, 2.45) is 5.92 Å². The van der Waals surface area contributed by atoms with Gasteiger partial charge in [-0.15, -0.1) is 0 Å². The third-order valence-corrected chi connectivity index (χ3v) is 4.13. The van der Waals surface area contributed by atoms with E-state index < -0.39 is 0 Å². The fourth-order valence-corrected chi connectivity index (χ4v) is 2.99. The van der Waals surface area contributed by atoms with Gasteiger partial charge in [-0.3, -0.25) is 0 Å². The molecule has 1 heterocycles. The monoisotopic (exact) mass is 240 g/mol. The molecule has 1 saturated carbocycles. The summed E-state index contributed by atoms with van der Waals surface area (Å²) in [5, 5.41) is 7.00. The number of ether oxygens (including phenoxy) is 1. The molecular formula is C15H28O2. The van der Waals surface area contributed by atoms with E-state index in [9.17, 15) is 0 Å². The van der Waals surface area contributed by atoms with E-state index in [-0.39, 0.29) is 5.60 Å². The van der Waals surface area contributed by atoms with Crippen LogP contribution in [-0.2, 0) is 4.74 Å². The quantitative estimate of drug-likeness (QED) is 0.590. The molecule has 17 heavy (non-hydrogen) atoms. The second-order valence-electron chi connectivity index (χ2n) is 5.58. The highest BCUT2D eigenvalue weighted by atomic mass is 16.6. The van der Waals surface area contributed by atoms with E-state index in [0.717, 1.165) is 19.4 Å². The van der Waals surface area contributed by atoms with Crippen molar-refractivity contribution in [3.8, 4) is 0 Å². The summed E-state index contributed by atoms with van der Waals surface area (Å²) in [6.07, 6.45) is 10.8. The molecule has 2 heteroatoms. The smallest absolute Gasteiger partial charge is 0.0976 e. The van der Waals surface area contributed by atoms with E-state index in [2.05, 4.69) is 26.8 Å². The fourth-order valence-electron chi connectivity index (χ4n) is 2.99. The first-order chi connectivity index (χ1) is 8.15. The average molecular weight is 240 g/mol. The Morgan fingerprint density at radius 1 is 1.29 bits per heavy atom. The fraction of sp³-hybridized carbons (Fsp3) is 0.867. The molecular weight excluding hydrogens is 212 g/mol. The van der Waals surface area contributed by atoms with E-state index in [4.69, 9.17) is 9.84 Å². The zero-order chi connectivity index (χ0) is 12.9. The van der Waals surface area contributed by atoms with E-state index in [1.807, 2.05) is 0 Å².